The van der Waals surface area contributed by atoms with E-state index >= 15 is 0 Å². The van der Waals surface area contributed by atoms with E-state index < -0.39 is 54.5 Å². The van der Waals surface area contributed by atoms with Crippen LogP contribution in [0.2, 0.25) is 0 Å². The van der Waals surface area contributed by atoms with E-state index in [2.05, 4.69) is 0 Å². The smallest absolute Gasteiger partial charge is 0.371 e. The van der Waals surface area contributed by atoms with Crippen LogP contribution in [0.25, 0.3) is 0 Å². The van der Waals surface area contributed by atoms with Gasteiger partial charge in [-0.25, -0.2) is 9.59 Å². The number of aliphatic hydroxyl groups is 5. The third-order valence-electron chi connectivity index (χ3n) is 2.02. The standard InChI is InChI=1S/C6H12O6.2C3H4O3/c7-1-3(9)5(11)6(12)4(10)2-8;2*1-2(4)3(5)6/h1,3-6,8-12H,2H2;2*1H3,(H,5,6)/t3-,4+,5+,6+;;/m0../s1. The molecule has 0 aliphatic heterocycles. The molecule has 0 unspecified atom stereocenters. The molecule has 0 rings (SSSR count). The van der Waals surface area contributed by atoms with Gasteiger partial charge < -0.3 is 40.5 Å². The highest BCUT2D eigenvalue weighted by atomic mass is 16.4. The molecule has 0 fully saturated rings. The Labute approximate surface area is 135 Å². The Morgan fingerprint density at radius 1 is 0.833 bits per heavy atom. The van der Waals surface area contributed by atoms with E-state index in [9.17, 15) is 24.0 Å². The van der Waals surface area contributed by atoms with Crippen LogP contribution in [0.5, 0.6) is 0 Å². The minimum Gasteiger partial charge on any atom is -0.476 e. The van der Waals surface area contributed by atoms with Gasteiger partial charge in [-0.2, -0.15) is 0 Å². The Balaban J connectivity index is -0.000000309. The molecule has 140 valence electrons. The molecule has 0 aromatic rings. The Morgan fingerprint density at radius 3 is 1.29 bits per heavy atom. The number of rotatable bonds is 7. The number of ketones is 2. The second kappa shape index (κ2) is 14.3. The van der Waals surface area contributed by atoms with E-state index in [0.29, 0.717) is 0 Å². The van der Waals surface area contributed by atoms with Crippen molar-refractivity contribution >= 4 is 29.8 Å². The Morgan fingerprint density at radius 2 is 1.12 bits per heavy atom. The van der Waals surface area contributed by atoms with Crippen LogP contribution in [-0.4, -0.2) is 96.6 Å². The number of Topliss-reactive ketones (excluding diaryl/α,β-unsaturated/α-hetero) is 2. The molecule has 0 amide bonds. The van der Waals surface area contributed by atoms with Gasteiger partial charge in [0, 0.05) is 13.8 Å². The van der Waals surface area contributed by atoms with Crippen molar-refractivity contribution in [2.45, 2.75) is 38.3 Å². The summed E-state index contributed by atoms with van der Waals surface area (Å²) < 4.78 is 0. The molecule has 0 spiro atoms. The lowest BCUT2D eigenvalue weighted by Gasteiger charge is -2.22. The van der Waals surface area contributed by atoms with Crippen LogP contribution in [-0.2, 0) is 24.0 Å². The second-order valence-corrected chi connectivity index (χ2v) is 4.08. The van der Waals surface area contributed by atoms with Gasteiger partial charge in [-0.05, 0) is 0 Å². The fraction of sp³-hybridized carbons (Fsp3) is 0.583. The predicted molar refractivity (Wildman–Crippen MR) is 73.8 cm³/mol. The number of carbonyl (C=O) groups is 5. The zero-order valence-corrected chi connectivity index (χ0v) is 12.8. The van der Waals surface area contributed by atoms with E-state index in [1.807, 2.05) is 0 Å². The average molecular weight is 356 g/mol. The second-order valence-electron chi connectivity index (χ2n) is 4.08. The SMILES string of the molecule is CC(=O)C(=O)O.CC(=O)C(=O)O.O=C[C@H](O)[C@@H](O)[C@H](O)[C@H](O)CO. The molecule has 0 heterocycles. The first kappa shape index (κ1) is 26.6. The van der Waals surface area contributed by atoms with Gasteiger partial charge in [0.15, 0.2) is 6.29 Å². The molecule has 24 heavy (non-hydrogen) atoms. The highest BCUT2D eigenvalue weighted by molar-refractivity contribution is 6.31. The molecule has 12 heteroatoms. The number of hydrogen-bond donors (Lipinski definition) is 7. The summed E-state index contributed by atoms with van der Waals surface area (Å²) in [7, 11) is 0. The Hall–Kier alpha value is -2.25. The van der Waals surface area contributed by atoms with Crippen molar-refractivity contribution in [1.29, 1.82) is 0 Å². The van der Waals surface area contributed by atoms with Gasteiger partial charge in [0.05, 0.1) is 6.61 Å². The lowest BCUT2D eigenvalue weighted by atomic mass is 10.0. The quantitative estimate of drug-likeness (QED) is 0.171. The van der Waals surface area contributed by atoms with E-state index in [1.54, 1.807) is 0 Å². The van der Waals surface area contributed by atoms with Crippen LogP contribution < -0.4 is 0 Å². The molecule has 0 radical (unpaired) electrons. The van der Waals surface area contributed by atoms with Gasteiger partial charge in [0.2, 0.25) is 11.6 Å². The summed E-state index contributed by atoms with van der Waals surface area (Å²) in [6, 6.07) is 0. The zero-order valence-electron chi connectivity index (χ0n) is 12.8. The van der Waals surface area contributed by atoms with Gasteiger partial charge in [0.1, 0.15) is 24.4 Å². The number of aliphatic carboxylic acids is 2. The summed E-state index contributed by atoms with van der Waals surface area (Å²) in [5, 5.41) is 58.8. The lowest BCUT2D eigenvalue weighted by Crippen LogP contribution is -2.46. The molecule has 0 aromatic carbocycles. The predicted octanol–water partition coefficient (Wildman–Crippen LogP) is -4.06. The molecular formula is C12H20O12. The fourth-order valence-electron chi connectivity index (χ4n) is 0.618. The molecule has 7 N–H and O–H groups in total. The lowest BCUT2D eigenvalue weighted by molar-refractivity contribution is -0.148. The Bertz CT molecular complexity index is 384. The van der Waals surface area contributed by atoms with Crippen molar-refractivity contribution < 1.29 is 59.7 Å². The number of aldehydes is 1. The maximum Gasteiger partial charge on any atom is 0.371 e. The molecule has 0 aromatic heterocycles. The third kappa shape index (κ3) is 14.7. The van der Waals surface area contributed by atoms with Gasteiger partial charge in [-0.15, -0.1) is 0 Å². The van der Waals surface area contributed by atoms with Crippen molar-refractivity contribution in [2.24, 2.45) is 0 Å². The summed E-state index contributed by atoms with van der Waals surface area (Å²) in [4.78, 5) is 47.7. The summed E-state index contributed by atoms with van der Waals surface area (Å²) >= 11 is 0. The molecule has 0 saturated carbocycles. The number of carbonyl (C=O) groups excluding carboxylic acids is 3. The Kier molecular flexibility index (Phi) is 15.9. The van der Waals surface area contributed by atoms with Crippen LogP contribution >= 0.6 is 0 Å². The average Bonchev–Trinajstić information content (AvgIpc) is 2.52. The largest absolute Gasteiger partial charge is 0.476 e. The van der Waals surface area contributed by atoms with Crippen LogP contribution in [0.3, 0.4) is 0 Å². The summed E-state index contributed by atoms with van der Waals surface area (Å²) in [6.45, 7) is 1.24. The first-order valence-electron chi connectivity index (χ1n) is 6.09. The maximum absolute atomic E-state index is 9.90. The van der Waals surface area contributed by atoms with Gasteiger partial charge in [-0.1, -0.05) is 0 Å². The van der Waals surface area contributed by atoms with E-state index in [4.69, 9.17) is 35.7 Å². The topological polar surface area (TPSA) is 227 Å². The normalized spacial score (nSPS) is 14.3. The molecule has 0 saturated heterocycles. The van der Waals surface area contributed by atoms with Gasteiger partial charge in [-0.3, -0.25) is 9.59 Å². The van der Waals surface area contributed by atoms with Crippen LogP contribution in [0.15, 0.2) is 0 Å². The first-order valence-corrected chi connectivity index (χ1v) is 6.09. The monoisotopic (exact) mass is 356 g/mol. The fourth-order valence-corrected chi connectivity index (χ4v) is 0.618. The minimum atomic E-state index is -1.79. The molecule has 4 atom stereocenters. The first-order chi connectivity index (χ1) is 10.8. The molecular weight excluding hydrogens is 336 g/mol. The van der Waals surface area contributed by atoms with Crippen LogP contribution in [0, 0.1) is 0 Å². The van der Waals surface area contributed by atoms with Gasteiger partial charge in [0.25, 0.3) is 0 Å². The van der Waals surface area contributed by atoms with Crippen molar-refractivity contribution in [2.75, 3.05) is 6.61 Å². The number of carboxylic acid groups (broad SMARTS) is 2. The summed E-state index contributed by atoms with van der Waals surface area (Å²) in [6.07, 6.45) is -6.84. The molecule has 0 aliphatic carbocycles. The minimum absolute atomic E-state index is 0.0258. The van der Waals surface area contributed by atoms with E-state index in [1.165, 1.54) is 0 Å². The number of aliphatic hydroxyl groups excluding tert-OH is 5. The number of hydrogen-bond acceptors (Lipinski definition) is 10. The van der Waals surface area contributed by atoms with Crippen LogP contribution in [0.1, 0.15) is 13.8 Å². The summed E-state index contributed by atoms with van der Waals surface area (Å²) in [5.41, 5.74) is 0. The van der Waals surface area contributed by atoms with Gasteiger partial charge >= 0.3 is 11.9 Å². The van der Waals surface area contributed by atoms with Crippen molar-refractivity contribution in [3.05, 3.63) is 0 Å². The highest BCUT2D eigenvalue weighted by Crippen LogP contribution is 2.02. The van der Waals surface area contributed by atoms with Crippen LogP contribution in [0.4, 0.5) is 0 Å². The highest BCUT2D eigenvalue weighted by Gasteiger charge is 2.29. The molecule has 0 bridgehead atoms. The van der Waals surface area contributed by atoms with E-state index in [0.717, 1.165) is 13.8 Å². The van der Waals surface area contributed by atoms with Crippen molar-refractivity contribution in [3.63, 3.8) is 0 Å². The molecule has 12 nitrogen and oxygen atoms in total. The van der Waals surface area contributed by atoms with Crippen molar-refractivity contribution in [1.82, 2.24) is 0 Å². The third-order valence-corrected chi connectivity index (χ3v) is 2.02. The maximum atomic E-state index is 9.90. The van der Waals surface area contributed by atoms with E-state index in [-0.39, 0.29) is 6.29 Å². The molecule has 0 aliphatic rings. The van der Waals surface area contributed by atoms with Crippen molar-refractivity contribution in [3.8, 4) is 0 Å². The summed E-state index contributed by atoms with van der Waals surface area (Å²) in [5.74, 6) is -4.41. The zero-order chi connectivity index (χ0) is 20.0. The number of carboxylic acids is 2.